The van der Waals surface area contributed by atoms with E-state index >= 15 is 0 Å². The van der Waals surface area contributed by atoms with Gasteiger partial charge in [-0.05, 0) is 25.5 Å². The number of hydrogen-bond donors (Lipinski definition) is 3. The molecule has 0 spiro atoms. The molecule has 3 aliphatic rings. The summed E-state index contributed by atoms with van der Waals surface area (Å²) >= 11 is 0. The molecular weight excluding hydrogens is 338 g/mol. The molecular formula is C19H29NO6. The summed E-state index contributed by atoms with van der Waals surface area (Å²) in [5, 5.41) is 31.6. The van der Waals surface area contributed by atoms with Gasteiger partial charge in [0.25, 0.3) is 0 Å². The molecule has 1 aliphatic carbocycles. The van der Waals surface area contributed by atoms with Crippen LogP contribution in [-0.4, -0.2) is 82.9 Å². The SMILES string of the molecule is C/C1=C/[C@H]2OC(=O)[C@@H](CN3CCOCC3)[C@@H]2[C@H](O)C[C@@](C)(O)/C=C/[C@H]1O. The number of nitrogens with zero attached hydrogens (tertiary/aromatic N) is 1. The summed E-state index contributed by atoms with van der Waals surface area (Å²) in [5.74, 6) is -1.28. The van der Waals surface area contributed by atoms with E-state index in [0.717, 1.165) is 13.1 Å². The number of carbonyl (C=O) groups excluding carboxylic acids is 1. The van der Waals surface area contributed by atoms with Crippen LogP contribution in [0.5, 0.6) is 0 Å². The van der Waals surface area contributed by atoms with Crippen LogP contribution in [0.3, 0.4) is 0 Å². The zero-order chi connectivity index (χ0) is 18.9. The van der Waals surface area contributed by atoms with Crippen LogP contribution in [0, 0.1) is 11.8 Å². The molecule has 0 aromatic rings. The predicted octanol–water partition coefficient (Wildman–Crippen LogP) is -0.145. The zero-order valence-electron chi connectivity index (χ0n) is 15.4. The average molecular weight is 367 g/mol. The first-order valence-corrected chi connectivity index (χ1v) is 9.23. The normalized spacial score (nSPS) is 45.3. The maximum absolute atomic E-state index is 12.5. The Hall–Kier alpha value is -1.25. The molecule has 2 aliphatic heterocycles. The van der Waals surface area contributed by atoms with Crippen molar-refractivity contribution in [1.82, 2.24) is 4.90 Å². The van der Waals surface area contributed by atoms with E-state index in [4.69, 9.17) is 9.47 Å². The summed E-state index contributed by atoms with van der Waals surface area (Å²) in [6.07, 6.45) is 2.42. The lowest BCUT2D eigenvalue weighted by Crippen LogP contribution is -2.45. The lowest BCUT2D eigenvalue weighted by atomic mass is 9.79. The Kier molecular flexibility index (Phi) is 5.84. The summed E-state index contributed by atoms with van der Waals surface area (Å²) in [7, 11) is 0. The van der Waals surface area contributed by atoms with Crippen molar-refractivity contribution in [2.75, 3.05) is 32.8 Å². The molecule has 0 aromatic carbocycles. The number of aliphatic hydroxyl groups excluding tert-OH is 2. The topological polar surface area (TPSA) is 99.5 Å². The van der Waals surface area contributed by atoms with Gasteiger partial charge >= 0.3 is 5.97 Å². The summed E-state index contributed by atoms with van der Waals surface area (Å²) in [5.41, 5.74) is -0.654. The highest BCUT2D eigenvalue weighted by Crippen LogP contribution is 2.37. The molecule has 7 nitrogen and oxygen atoms in total. The van der Waals surface area contributed by atoms with Crippen molar-refractivity contribution in [3.05, 3.63) is 23.8 Å². The number of rotatable bonds is 2. The van der Waals surface area contributed by atoms with Crippen LogP contribution in [0.15, 0.2) is 23.8 Å². The summed E-state index contributed by atoms with van der Waals surface area (Å²) in [6, 6.07) is 0. The van der Waals surface area contributed by atoms with Crippen LogP contribution in [0.4, 0.5) is 0 Å². The molecule has 2 heterocycles. The number of esters is 1. The molecule has 2 saturated heterocycles. The third-order valence-corrected chi connectivity index (χ3v) is 5.56. The minimum Gasteiger partial charge on any atom is -0.457 e. The number of ether oxygens (including phenoxy) is 2. The van der Waals surface area contributed by atoms with Crippen LogP contribution in [0.2, 0.25) is 0 Å². The molecule has 0 aromatic heterocycles. The Morgan fingerprint density at radius 2 is 2.00 bits per heavy atom. The molecule has 0 saturated carbocycles. The van der Waals surface area contributed by atoms with E-state index in [0.29, 0.717) is 25.3 Å². The molecule has 0 amide bonds. The highest BCUT2D eigenvalue weighted by Gasteiger charge is 2.49. The highest BCUT2D eigenvalue weighted by atomic mass is 16.6. The first-order chi connectivity index (χ1) is 12.3. The minimum atomic E-state index is -1.28. The van der Waals surface area contributed by atoms with E-state index in [1.807, 2.05) is 0 Å². The van der Waals surface area contributed by atoms with Gasteiger partial charge in [0, 0.05) is 32.0 Å². The number of carbonyl (C=O) groups is 1. The largest absolute Gasteiger partial charge is 0.457 e. The van der Waals surface area contributed by atoms with E-state index in [-0.39, 0.29) is 12.4 Å². The molecule has 3 rings (SSSR count). The molecule has 0 radical (unpaired) electrons. The third-order valence-electron chi connectivity index (χ3n) is 5.56. The van der Waals surface area contributed by atoms with Crippen LogP contribution in [0.1, 0.15) is 20.3 Å². The van der Waals surface area contributed by atoms with E-state index < -0.39 is 35.7 Å². The van der Waals surface area contributed by atoms with Crippen molar-refractivity contribution in [2.24, 2.45) is 11.8 Å². The summed E-state index contributed by atoms with van der Waals surface area (Å²) in [6.45, 7) is 6.57. The highest BCUT2D eigenvalue weighted by molar-refractivity contribution is 5.76. The standard InChI is InChI=1S/C19H29NO6/c1-12-9-16-17(15(22)10-19(2,24)4-3-14(12)21)13(18(23)26-16)11-20-5-7-25-8-6-20/h3-4,9,13-17,21-22,24H,5-8,10-11H2,1-2H3/b4-3+,12-9-/t13-,14+,15+,16+,17+,19-/m0/s1. The Balaban J connectivity index is 1.87. The van der Waals surface area contributed by atoms with Gasteiger partial charge in [-0.1, -0.05) is 12.2 Å². The van der Waals surface area contributed by atoms with Crippen molar-refractivity contribution in [2.45, 2.75) is 44.2 Å². The van der Waals surface area contributed by atoms with Crippen LogP contribution < -0.4 is 0 Å². The Morgan fingerprint density at radius 3 is 2.69 bits per heavy atom. The zero-order valence-corrected chi connectivity index (χ0v) is 15.4. The van der Waals surface area contributed by atoms with Gasteiger partial charge in [0.15, 0.2) is 0 Å². The summed E-state index contributed by atoms with van der Waals surface area (Å²) < 4.78 is 10.9. The van der Waals surface area contributed by atoms with Crippen molar-refractivity contribution in [3.63, 3.8) is 0 Å². The third kappa shape index (κ3) is 4.35. The molecule has 7 heteroatoms. The first kappa shape index (κ1) is 19.5. The lowest BCUT2D eigenvalue weighted by Gasteiger charge is -2.33. The fourth-order valence-corrected chi connectivity index (χ4v) is 4.01. The van der Waals surface area contributed by atoms with Gasteiger partial charge in [0.2, 0.25) is 0 Å². The summed E-state index contributed by atoms with van der Waals surface area (Å²) in [4.78, 5) is 14.7. The number of aliphatic hydroxyl groups is 3. The van der Waals surface area contributed by atoms with Crippen LogP contribution >= 0.6 is 0 Å². The van der Waals surface area contributed by atoms with E-state index in [1.165, 1.54) is 12.2 Å². The second-order valence-corrected chi connectivity index (χ2v) is 7.84. The maximum Gasteiger partial charge on any atom is 0.311 e. The molecule has 146 valence electrons. The van der Waals surface area contributed by atoms with Gasteiger partial charge in [0.05, 0.1) is 36.9 Å². The molecule has 3 N–H and O–H groups in total. The molecule has 0 unspecified atom stereocenters. The predicted molar refractivity (Wildman–Crippen MR) is 94.3 cm³/mol. The second kappa shape index (κ2) is 7.78. The van der Waals surface area contributed by atoms with Crippen LogP contribution in [-0.2, 0) is 14.3 Å². The smallest absolute Gasteiger partial charge is 0.311 e. The van der Waals surface area contributed by atoms with Gasteiger partial charge in [-0.25, -0.2) is 0 Å². The lowest BCUT2D eigenvalue weighted by molar-refractivity contribution is -0.143. The molecule has 6 atom stereocenters. The molecule has 2 fully saturated rings. The minimum absolute atomic E-state index is 0.0700. The quantitative estimate of drug-likeness (QED) is 0.461. The second-order valence-electron chi connectivity index (χ2n) is 7.84. The fraction of sp³-hybridized carbons (Fsp3) is 0.737. The van der Waals surface area contributed by atoms with Gasteiger partial charge in [-0.3, -0.25) is 9.69 Å². The van der Waals surface area contributed by atoms with E-state index in [1.54, 1.807) is 19.9 Å². The van der Waals surface area contributed by atoms with E-state index in [2.05, 4.69) is 4.90 Å². The van der Waals surface area contributed by atoms with Gasteiger partial charge in [0.1, 0.15) is 6.10 Å². The first-order valence-electron chi connectivity index (χ1n) is 9.23. The van der Waals surface area contributed by atoms with Crippen molar-refractivity contribution < 1.29 is 29.6 Å². The van der Waals surface area contributed by atoms with Gasteiger partial charge in [-0.15, -0.1) is 0 Å². The molecule has 26 heavy (non-hydrogen) atoms. The average Bonchev–Trinajstić information content (AvgIpc) is 2.88. The Labute approximate surface area is 153 Å². The Bertz CT molecular complexity index is 581. The number of hydrogen-bond acceptors (Lipinski definition) is 7. The monoisotopic (exact) mass is 367 g/mol. The van der Waals surface area contributed by atoms with E-state index in [9.17, 15) is 20.1 Å². The van der Waals surface area contributed by atoms with Crippen molar-refractivity contribution >= 4 is 5.97 Å². The van der Waals surface area contributed by atoms with Gasteiger partial charge in [-0.2, -0.15) is 0 Å². The van der Waals surface area contributed by atoms with Gasteiger partial charge < -0.3 is 24.8 Å². The molecule has 0 bridgehead atoms. The fourth-order valence-electron chi connectivity index (χ4n) is 4.01. The number of morpholine rings is 1. The van der Waals surface area contributed by atoms with Crippen molar-refractivity contribution in [3.8, 4) is 0 Å². The van der Waals surface area contributed by atoms with Crippen LogP contribution in [0.25, 0.3) is 0 Å². The Morgan fingerprint density at radius 1 is 1.31 bits per heavy atom. The number of fused-ring (bicyclic) bond motifs is 1. The maximum atomic E-state index is 12.5. The van der Waals surface area contributed by atoms with Crippen molar-refractivity contribution in [1.29, 1.82) is 0 Å².